The molecule has 3 amide bonds. The number of nitrogens with two attached hydrogens (primary N) is 1. The third-order valence-corrected chi connectivity index (χ3v) is 4.69. The van der Waals surface area contributed by atoms with Gasteiger partial charge in [0.2, 0.25) is 11.8 Å². The lowest BCUT2D eigenvalue weighted by Crippen LogP contribution is -2.48. The van der Waals surface area contributed by atoms with Crippen molar-refractivity contribution in [3.05, 3.63) is 69.8 Å². The molecule has 33 heavy (non-hydrogen) atoms. The van der Waals surface area contributed by atoms with Crippen LogP contribution in [0.1, 0.15) is 42.1 Å². The van der Waals surface area contributed by atoms with Gasteiger partial charge in [0.05, 0.1) is 18.0 Å². The smallest absolute Gasteiger partial charge is 0.306 e. The van der Waals surface area contributed by atoms with Crippen LogP contribution in [0.2, 0.25) is 0 Å². The topological polar surface area (TPSA) is 171 Å². The average Bonchev–Trinajstić information content (AvgIpc) is 2.76. The number of nitrogens with one attached hydrogen (secondary N) is 2. The minimum Gasteiger partial charge on any atom is -0.466 e. The maximum absolute atomic E-state index is 12.8. The Kier molecular flexibility index (Phi) is 8.61. The zero-order chi connectivity index (χ0) is 24.5. The zero-order valence-electron chi connectivity index (χ0n) is 18.1. The molecule has 0 spiro atoms. The van der Waals surface area contributed by atoms with Crippen molar-refractivity contribution in [3.63, 3.8) is 0 Å². The summed E-state index contributed by atoms with van der Waals surface area (Å²) < 4.78 is 4.97. The number of hydrogen-bond donors (Lipinski definition) is 3. The molecular formula is C22H24N4O7. The normalized spacial score (nSPS) is 12.2. The first kappa shape index (κ1) is 25.0. The number of benzene rings is 2. The molecule has 0 heterocycles. The number of nitro benzene ring substituents is 1. The van der Waals surface area contributed by atoms with Crippen molar-refractivity contribution in [2.75, 3.05) is 11.9 Å². The number of non-ortho nitro benzene ring substituents is 1. The molecule has 0 aliphatic carbocycles. The van der Waals surface area contributed by atoms with Crippen molar-refractivity contribution >= 4 is 35.1 Å². The van der Waals surface area contributed by atoms with E-state index in [4.69, 9.17) is 10.5 Å². The highest BCUT2D eigenvalue weighted by Gasteiger charge is 2.32. The minimum atomic E-state index is -1.31. The number of esters is 1. The highest BCUT2D eigenvalue weighted by atomic mass is 16.6. The zero-order valence-corrected chi connectivity index (χ0v) is 18.1. The monoisotopic (exact) mass is 456 g/mol. The van der Waals surface area contributed by atoms with Gasteiger partial charge >= 0.3 is 5.97 Å². The van der Waals surface area contributed by atoms with Gasteiger partial charge in [0, 0.05) is 36.2 Å². The summed E-state index contributed by atoms with van der Waals surface area (Å²) >= 11 is 0. The van der Waals surface area contributed by atoms with Crippen molar-refractivity contribution in [1.82, 2.24) is 5.32 Å². The van der Waals surface area contributed by atoms with E-state index in [1.54, 1.807) is 6.92 Å². The number of ether oxygens (including phenoxy) is 1. The third kappa shape index (κ3) is 7.13. The van der Waals surface area contributed by atoms with E-state index in [9.17, 15) is 29.3 Å². The molecule has 0 unspecified atom stereocenters. The molecule has 11 nitrogen and oxygen atoms in total. The first-order chi connectivity index (χ1) is 15.6. The quantitative estimate of drug-likeness (QED) is 0.278. The maximum atomic E-state index is 12.8. The van der Waals surface area contributed by atoms with Gasteiger partial charge in [-0.1, -0.05) is 12.1 Å². The molecular weight excluding hydrogens is 432 g/mol. The Balaban J connectivity index is 2.32. The van der Waals surface area contributed by atoms with Gasteiger partial charge in [-0.2, -0.15) is 0 Å². The van der Waals surface area contributed by atoms with E-state index in [1.807, 2.05) is 0 Å². The number of nitrogens with zero attached hydrogens (tertiary/aromatic N) is 1. The van der Waals surface area contributed by atoms with E-state index in [2.05, 4.69) is 10.6 Å². The fourth-order valence-corrected chi connectivity index (χ4v) is 3.17. The Morgan fingerprint density at radius 2 is 1.67 bits per heavy atom. The summed E-state index contributed by atoms with van der Waals surface area (Å²) in [6.45, 7) is 3.08. The Bertz CT molecular complexity index is 1040. The van der Waals surface area contributed by atoms with Crippen LogP contribution >= 0.6 is 0 Å². The van der Waals surface area contributed by atoms with Crippen molar-refractivity contribution < 1.29 is 28.8 Å². The van der Waals surface area contributed by atoms with Crippen LogP contribution in [0.3, 0.4) is 0 Å². The number of primary amides is 1. The van der Waals surface area contributed by atoms with Crippen LogP contribution in [0.5, 0.6) is 0 Å². The Labute approximate surface area is 189 Å². The second-order valence-corrected chi connectivity index (χ2v) is 7.08. The van der Waals surface area contributed by atoms with Crippen molar-refractivity contribution in [2.24, 2.45) is 5.73 Å². The van der Waals surface area contributed by atoms with E-state index in [0.717, 1.165) is 0 Å². The van der Waals surface area contributed by atoms with E-state index < -0.39 is 34.7 Å². The largest absolute Gasteiger partial charge is 0.466 e. The highest BCUT2D eigenvalue weighted by molar-refractivity contribution is 5.98. The molecule has 2 aromatic carbocycles. The minimum absolute atomic E-state index is 0.111. The Morgan fingerprint density at radius 3 is 2.15 bits per heavy atom. The summed E-state index contributed by atoms with van der Waals surface area (Å²) in [5, 5.41) is 16.1. The third-order valence-electron chi connectivity index (χ3n) is 4.69. The summed E-state index contributed by atoms with van der Waals surface area (Å²) in [6.07, 6.45) is -0.291. The van der Waals surface area contributed by atoms with Gasteiger partial charge in [-0.05, 0) is 36.8 Å². The van der Waals surface area contributed by atoms with E-state index in [0.29, 0.717) is 11.3 Å². The number of nitro groups is 1. The molecule has 2 atom stereocenters. The molecule has 174 valence electrons. The molecule has 0 saturated heterocycles. The molecule has 0 radical (unpaired) electrons. The van der Waals surface area contributed by atoms with Crippen LogP contribution in [0.15, 0.2) is 48.5 Å². The molecule has 2 rings (SSSR count). The number of rotatable bonds is 10. The van der Waals surface area contributed by atoms with E-state index in [1.165, 1.54) is 55.5 Å². The van der Waals surface area contributed by atoms with E-state index >= 15 is 0 Å². The molecule has 2 aromatic rings. The Hall–Kier alpha value is -4.28. The summed E-state index contributed by atoms with van der Waals surface area (Å²) in [5.74, 6) is -3.35. The summed E-state index contributed by atoms with van der Waals surface area (Å²) in [7, 11) is 0. The van der Waals surface area contributed by atoms with Gasteiger partial charge in [0.15, 0.2) is 0 Å². The second-order valence-electron chi connectivity index (χ2n) is 7.08. The van der Waals surface area contributed by atoms with Gasteiger partial charge in [-0.25, -0.2) is 0 Å². The van der Waals surface area contributed by atoms with Crippen LogP contribution in [-0.4, -0.2) is 41.3 Å². The van der Waals surface area contributed by atoms with Crippen molar-refractivity contribution in [2.45, 2.75) is 32.2 Å². The lowest BCUT2D eigenvalue weighted by Gasteiger charge is -2.25. The predicted molar refractivity (Wildman–Crippen MR) is 118 cm³/mol. The Morgan fingerprint density at radius 1 is 1.06 bits per heavy atom. The average molecular weight is 456 g/mol. The molecule has 0 aliphatic rings. The molecule has 0 aliphatic heterocycles. The summed E-state index contributed by atoms with van der Waals surface area (Å²) in [4.78, 5) is 58.7. The standard InChI is InChI=1S/C22H24N4O7/c1-3-33-19(28)12-18(14-6-10-17(11-7-14)26(31)32)20(21(23)29)25-22(30)15-4-8-16(9-5-15)24-13(2)27/h4-11,18,20H,3,12H2,1-2H3,(H2,23,29)(H,24,27)(H,25,30)/t18-,20+/m0/s1. The first-order valence-electron chi connectivity index (χ1n) is 10.00. The molecule has 11 heteroatoms. The van der Waals surface area contributed by atoms with Gasteiger partial charge in [0.25, 0.3) is 11.6 Å². The molecule has 0 aromatic heterocycles. The SMILES string of the molecule is CCOC(=O)C[C@@H](c1ccc([N+](=O)[O-])cc1)[C@@H](NC(=O)c1ccc(NC(C)=O)cc1)C(N)=O. The van der Waals surface area contributed by atoms with E-state index in [-0.39, 0.29) is 30.2 Å². The van der Waals surface area contributed by atoms with Crippen LogP contribution in [0, 0.1) is 10.1 Å². The number of hydrogen-bond acceptors (Lipinski definition) is 7. The van der Waals surface area contributed by atoms with Gasteiger partial charge < -0.3 is 21.1 Å². The number of amides is 3. The summed E-state index contributed by atoms with van der Waals surface area (Å²) in [6, 6.07) is 9.87. The number of carbonyl (C=O) groups excluding carboxylic acids is 4. The highest BCUT2D eigenvalue weighted by Crippen LogP contribution is 2.27. The van der Waals surface area contributed by atoms with Crippen LogP contribution in [-0.2, 0) is 19.1 Å². The molecule has 4 N–H and O–H groups in total. The first-order valence-corrected chi connectivity index (χ1v) is 10.00. The summed E-state index contributed by atoms with van der Waals surface area (Å²) in [5.41, 5.74) is 6.43. The van der Waals surface area contributed by atoms with Gasteiger partial charge in [-0.3, -0.25) is 29.3 Å². The molecule has 0 saturated carbocycles. The van der Waals surface area contributed by atoms with Crippen molar-refractivity contribution in [1.29, 1.82) is 0 Å². The number of carbonyl (C=O) groups is 4. The van der Waals surface area contributed by atoms with Crippen molar-refractivity contribution in [3.8, 4) is 0 Å². The van der Waals surface area contributed by atoms with Crippen LogP contribution < -0.4 is 16.4 Å². The van der Waals surface area contributed by atoms with Crippen LogP contribution in [0.4, 0.5) is 11.4 Å². The predicted octanol–water partition coefficient (Wildman–Crippen LogP) is 1.87. The fourth-order valence-electron chi connectivity index (χ4n) is 3.17. The van der Waals surface area contributed by atoms with Crippen LogP contribution in [0.25, 0.3) is 0 Å². The number of anilines is 1. The second kappa shape index (κ2) is 11.4. The van der Waals surface area contributed by atoms with Gasteiger partial charge in [-0.15, -0.1) is 0 Å². The lowest BCUT2D eigenvalue weighted by atomic mass is 9.87. The molecule has 0 bridgehead atoms. The molecule has 0 fully saturated rings. The van der Waals surface area contributed by atoms with Gasteiger partial charge in [0.1, 0.15) is 6.04 Å². The lowest BCUT2D eigenvalue weighted by molar-refractivity contribution is -0.384. The fraction of sp³-hybridized carbons (Fsp3) is 0.273. The maximum Gasteiger partial charge on any atom is 0.306 e.